The van der Waals surface area contributed by atoms with E-state index in [9.17, 15) is 4.79 Å². The largest absolute Gasteiger partial charge is 0.457 e. The first kappa shape index (κ1) is 15.3. The summed E-state index contributed by atoms with van der Waals surface area (Å²) in [5.41, 5.74) is 1.88. The van der Waals surface area contributed by atoms with E-state index in [4.69, 9.17) is 4.74 Å². The second-order valence-electron chi connectivity index (χ2n) is 5.65. The summed E-state index contributed by atoms with van der Waals surface area (Å²) in [6.45, 7) is 3.66. The molecule has 0 spiro atoms. The van der Waals surface area contributed by atoms with Crippen molar-refractivity contribution in [3.8, 4) is 11.5 Å². The Hall–Kier alpha value is -2.55. The number of carbonyl (C=O) groups excluding carboxylic acids is 1. The van der Waals surface area contributed by atoms with Gasteiger partial charge in [0, 0.05) is 18.7 Å². The van der Waals surface area contributed by atoms with Gasteiger partial charge in [0.25, 0.3) is 0 Å². The number of nitrogens with zero attached hydrogens (tertiary/aromatic N) is 1. The van der Waals surface area contributed by atoms with Crippen molar-refractivity contribution in [2.24, 2.45) is 0 Å². The summed E-state index contributed by atoms with van der Waals surface area (Å²) in [5.74, 6) is 1.75. The van der Waals surface area contributed by atoms with Gasteiger partial charge in [-0.1, -0.05) is 30.3 Å². The number of rotatable bonds is 4. The lowest BCUT2D eigenvalue weighted by Gasteiger charge is -2.27. The Morgan fingerprint density at radius 2 is 1.87 bits per heavy atom. The summed E-state index contributed by atoms with van der Waals surface area (Å²) in [6, 6.07) is 17.6. The van der Waals surface area contributed by atoms with Crippen molar-refractivity contribution >= 4 is 12.0 Å². The third-order valence-electron chi connectivity index (χ3n) is 4.00. The number of carbonyl (C=O) groups is 1. The summed E-state index contributed by atoms with van der Waals surface area (Å²) in [7, 11) is 0. The third-order valence-corrected chi connectivity index (χ3v) is 4.00. The van der Waals surface area contributed by atoms with E-state index < -0.39 is 0 Å². The maximum atomic E-state index is 12.4. The van der Waals surface area contributed by atoms with Gasteiger partial charge in [-0.2, -0.15) is 0 Å². The molecule has 0 aromatic heterocycles. The van der Waals surface area contributed by atoms with Crippen LogP contribution < -0.4 is 4.74 Å². The maximum absolute atomic E-state index is 12.4. The molecule has 118 valence electrons. The summed E-state index contributed by atoms with van der Waals surface area (Å²) < 4.78 is 5.85. The van der Waals surface area contributed by atoms with Crippen LogP contribution in [0.4, 0.5) is 0 Å². The van der Waals surface area contributed by atoms with Crippen molar-refractivity contribution in [2.45, 2.75) is 19.8 Å². The minimum atomic E-state index is 0.160. The summed E-state index contributed by atoms with van der Waals surface area (Å²) >= 11 is 0. The lowest BCUT2D eigenvalue weighted by molar-refractivity contribution is -0.128. The van der Waals surface area contributed by atoms with Gasteiger partial charge >= 0.3 is 0 Å². The van der Waals surface area contributed by atoms with E-state index in [-0.39, 0.29) is 5.91 Å². The van der Waals surface area contributed by atoms with Crippen molar-refractivity contribution in [1.29, 1.82) is 0 Å². The lowest BCUT2D eigenvalue weighted by atomic mass is 10.0. The van der Waals surface area contributed by atoms with Crippen LogP contribution in [0.25, 0.3) is 6.08 Å². The zero-order valence-corrected chi connectivity index (χ0v) is 13.4. The SMILES string of the molecule is CCN1CCCC(=Cc2cccc(Oc3ccccc3)c2)C1=O. The average Bonchev–Trinajstić information content (AvgIpc) is 2.58. The molecule has 2 aromatic rings. The van der Waals surface area contributed by atoms with Gasteiger partial charge in [0.05, 0.1) is 0 Å². The Morgan fingerprint density at radius 1 is 1.09 bits per heavy atom. The Balaban J connectivity index is 1.79. The Labute approximate surface area is 137 Å². The molecule has 1 amide bonds. The summed E-state index contributed by atoms with van der Waals surface area (Å²) in [6.07, 6.45) is 3.87. The molecule has 1 fully saturated rings. The molecule has 0 unspecified atom stereocenters. The number of piperidine rings is 1. The third kappa shape index (κ3) is 3.81. The molecule has 0 N–H and O–H groups in total. The topological polar surface area (TPSA) is 29.5 Å². The van der Waals surface area contributed by atoms with E-state index in [0.29, 0.717) is 0 Å². The second kappa shape index (κ2) is 7.14. The van der Waals surface area contributed by atoms with Gasteiger partial charge in [-0.3, -0.25) is 4.79 Å². The van der Waals surface area contributed by atoms with Crippen LogP contribution in [0.15, 0.2) is 60.2 Å². The van der Waals surface area contributed by atoms with E-state index in [1.807, 2.05) is 72.5 Å². The van der Waals surface area contributed by atoms with E-state index in [0.717, 1.165) is 48.6 Å². The number of hydrogen-bond acceptors (Lipinski definition) is 2. The van der Waals surface area contributed by atoms with Crippen LogP contribution in [0.5, 0.6) is 11.5 Å². The van der Waals surface area contributed by atoms with Crippen LogP contribution in [0.2, 0.25) is 0 Å². The van der Waals surface area contributed by atoms with Crippen molar-refractivity contribution < 1.29 is 9.53 Å². The summed E-state index contributed by atoms with van der Waals surface area (Å²) in [4.78, 5) is 14.3. The van der Waals surface area contributed by atoms with Gasteiger partial charge in [-0.05, 0) is 55.7 Å². The predicted molar refractivity (Wildman–Crippen MR) is 92.4 cm³/mol. The smallest absolute Gasteiger partial charge is 0.249 e. The predicted octanol–water partition coefficient (Wildman–Crippen LogP) is 4.50. The number of likely N-dealkylation sites (N-methyl/N-ethyl adjacent to an activating group) is 1. The lowest BCUT2D eigenvalue weighted by Crippen LogP contribution is -2.36. The minimum absolute atomic E-state index is 0.160. The molecule has 1 aliphatic heterocycles. The van der Waals surface area contributed by atoms with Crippen molar-refractivity contribution in [2.75, 3.05) is 13.1 Å². The molecule has 3 nitrogen and oxygen atoms in total. The standard InChI is InChI=1S/C20H21NO2/c1-2-21-13-7-9-17(20(21)22)14-16-8-6-12-19(15-16)23-18-10-4-3-5-11-18/h3-6,8,10-12,14-15H,2,7,9,13H2,1H3. The number of benzene rings is 2. The molecular formula is C20H21NO2. The highest BCUT2D eigenvalue weighted by atomic mass is 16.5. The van der Waals surface area contributed by atoms with Gasteiger partial charge in [0.2, 0.25) is 5.91 Å². The van der Waals surface area contributed by atoms with Crippen LogP contribution in [-0.2, 0) is 4.79 Å². The van der Waals surface area contributed by atoms with Gasteiger partial charge < -0.3 is 9.64 Å². The second-order valence-corrected chi connectivity index (χ2v) is 5.65. The fourth-order valence-corrected chi connectivity index (χ4v) is 2.80. The van der Waals surface area contributed by atoms with Gasteiger partial charge in [-0.15, -0.1) is 0 Å². The minimum Gasteiger partial charge on any atom is -0.457 e. The molecule has 23 heavy (non-hydrogen) atoms. The molecule has 0 saturated carbocycles. The van der Waals surface area contributed by atoms with Crippen LogP contribution in [0.1, 0.15) is 25.3 Å². The van der Waals surface area contributed by atoms with Crippen LogP contribution in [0, 0.1) is 0 Å². The zero-order chi connectivity index (χ0) is 16.1. The quantitative estimate of drug-likeness (QED) is 0.778. The molecule has 0 aliphatic carbocycles. The number of amides is 1. The molecule has 1 saturated heterocycles. The van der Waals surface area contributed by atoms with Gasteiger partial charge in [-0.25, -0.2) is 0 Å². The normalized spacial score (nSPS) is 16.7. The van der Waals surface area contributed by atoms with Crippen molar-refractivity contribution in [3.05, 3.63) is 65.7 Å². The molecule has 0 atom stereocenters. The van der Waals surface area contributed by atoms with E-state index >= 15 is 0 Å². The molecule has 0 radical (unpaired) electrons. The van der Waals surface area contributed by atoms with E-state index in [1.54, 1.807) is 0 Å². The average molecular weight is 307 g/mol. The fourth-order valence-electron chi connectivity index (χ4n) is 2.80. The molecule has 3 rings (SSSR count). The first-order valence-electron chi connectivity index (χ1n) is 8.09. The highest BCUT2D eigenvalue weighted by Crippen LogP contribution is 2.25. The fraction of sp³-hybridized carbons (Fsp3) is 0.250. The monoisotopic (exact) mass is 307 g/mol. The number of para-hydroxylation sites is 1. The highest BCUT2D eigenvalue weighted by Gasteiger charge is 2.21. The molecule has 1 aliphatic rings. The van der Waals surface area contributed by atoms with Gasteiger partial charge in [0.15, 0.2) is 0 Å². The van der Waals surface area contributed by atoms with Crippen LogP contribution in [-0.4, -0.2) is 23.9 Å². The zero-order valence-electron chi connectivity index (χ0n) is 13.4. The molecular weight excluding hydrogens is 286 g/mol. The van der Waals surface area contributed by atoms with Crippen LogP contribution >= 0.6 is 0 Å². The van der Waals surface area contributed by atoms with E-state index in [2.05, 4.69) is 0 Å². The molecule has 2 aromatic carbocycles. The maximum Gasteiger partial charge on any atom is 0.249 e. The number of ether oxygens (including phenoxy) is 1. The highest BCUT2D eigenvalue weighted by molar-refractivity contribution is 5.98. The molecule has 1 heterocycles. The Kier molecular flexibility index (Phi) is 4.77. The first-order valence-corrected chi connectivity index (χ1v) is 8.09. The Morgan fingerprint density at radius 3 is 2.65 bits per heavy atom. The first-order chi connectivity index (χ1) is 11.3. The molecule has 3 heteroatoms. The number of hydrogen-bond donors (Lipinski definition) is 0. The molecule has 0 bridgehead atoms. The summed E-state index contributed by atoms with van der Waals surface area (Å²) in [5, 5.41) is 0. The number of likely N-dealkylation sites (tertiary alicyclic amines) is 1. The Bertz CT molecular complexity index is 707. The van der Waals surface area contributed by atoms with Crippen molar-refractivity contribution in [3.63, 3.8) is 0 Å². The van der Waals surface area contributed by atoms with Gasteiger partial charge in [0.1, 0.15) is 11.5 Å². The van der Waals surface area contributed by atoms with E-state index in [1.165, 1.54) is 0 Å². The van der Waals surface area contributed by atoms with Crippen molar-refractivity contribution in [1.82, 2.24) is 4.90 Å². The van der Waals surface area contributed by atoms with Crippen LogP contribution in [0.3, 0.4) is 0 Å².